The molecule has 0 saturated carbocycles. The summed E-state index contributed by atoms with van der Waals surface area (Å²) in [5.41, 5.74) is 0.443. The Hall–Kier alpha value is -1.46. The van der Waals surface area contributed by atoms with Crippen LogP contribution in [0, 0.1) is 0 Å². The highest BCUT2D eigenvalue weighted by Gasteiger charge is 2.39. The largest absolute Gasteiger partial charge is 0.419 e. The van der Waals surface area contributed by atoms with Gasteiger partial charge in [0.2, 0.25) is 0 Å². The van der Waals surface area contributed by atoms with E-state index in [0.29, 0.717) is 10.6 Å². The summed E-state index contributed by atoms with van der Waals surface area (Å²) >= 11 is 7.58. The molecule has 106 valence electrons. The number of rotatable bonds is 2. The molecule has 1 aromatic rings. The van der Waals surface area contributed by atoms with Gasteiger partial charge in [-0.1, -0.05) is 17.7 Å². The van der Waals surface area contributed by atoms with Gasteiger partial charge in [-0.25, -0.2) is 9.59 Å². The van der Waals surface area contributed by atoms with Crippen LogP contribution in [-0.4, -0.2) is 24.0 Å². The van der Waals surface area contributed by atoms with E-state index in [1.807, 2.05) is 12.3 Å². The molecule has 1 saturated heterocycles. The van der Waals surface area contributed by atoms with E-state index in [1.165, 1.54) is 31.7 Å². The van der Waals surface area contributed by atoms with Crippen molar-refractivity contribution in [2.24, 2.45) is 0 Å². The SMILES string of the molecule is CSc1cccc(Cl)c1C=C1C(=O)OC(C)(C)OC1=O. The lowest BCUT2D eigenvalue weighted by atomic mass is 10.1. The molecule has 1 aliphatic rings. The van der Waals surface area contributed by atoms with E-state index in [0.717, 1.165) is 4.90 Å². The summed E-state index contributed by atoms with van der Waals surface area (Å²) in [5.74, 6) is -2.66. The predicted octanol–water partition coefficient (Wildman–Crippen LogP) is 3.28. The summed E-state index contributed by atoms with van der Waals surface area (Å²) in [6, 6.07) is 5.35. The Bertz CT molecular complexity index is 585. The van der Waals surface area contributed by atoms with E-state index in [2.05, 4.69) is 0 Å². The minimum absolute atomic E-state index is 0.160. The number of cyclic esters (lactones) is 2. The fourth-order valence-electron chi connectivity index (χ4n) is 1.76. The molecular formula is C14H13ClO4S. The fourth-order valence-corrected chi connectivity index (χ4v) is 2.65. The molecule has 1 aromatic carbocycles. The number of thioether (sulfide) groups is 1. The summed E-state index contributed by atoms with van der Waals surface area (Å²) in [7, 11) is 0. The zero-order valence-corrected chi connectivity index (χ0v) is 12.8. The van der Waals surface area contributed by atoms with Gasteiger partial charge in [-0.05, 0) is 24.5 Å². The van der Waals surface area contributed by atoms with Crippen molar-refractivity contribution in [3.05, 3.63) is 34.4 Å². The monoisotopic (exact) mass is 312 g/mol. The molecule has 4 nitrogen and oxygen atoms in total. The summed E-state index contributed by atoms with van der Waals surface area (Å²) < 4.78 is 10.1. The lowest BCUT2D eigenvalue weighted by molar-refractivity contribution is -0.222. The highest BCUT2D eigenvalue weighted by atomic mass is 35.5. The summed E-state index contributed by atoms with van der Waals surface area (Å²) in [6.45, 7) is 3.00. The van der Waals surface area contributed by atoms with Gasteiger partial charge >= 0.3 is 11.9 Å². The molecule has 0 radical (unpaired) electrons. The minimum Gasteiger partial charge on any atom is -0.419 e. The van der Waals surface area contributed by atoms with Gasteiger partial charge in [0.25, 0.3) is 5.79 Å². The van der Waals surface area contributed by atoms with Gasteiger partial charge < -0.3 is 9.47 Å². The molecule has 6 heteroatoms. The first kappa shape index (κ1) is 14.9. The molecule has 0 bridgehead atoms. The predicted molar refractivity (Wildman–Crippen MR) is 77.5 cm³/mol. The molecule has 0 aliphatic carbocycles. The van der Waals surface area contributed by atoms with Crippen molar-refractivity contribution in [2.45, 2.75) is 24.5 Å². The number of hydrogen-bond acceptors (Lipinski definition) is 5. The lowest BCUT2D eigenvalue weighted by Crippen LogP contribution is -2.41. The maximum atomic E-state index is 11.9. The van der Waals surface area contributed by atoms with Crippen molar-refractivity contribution in [3.8, 4) is 0 Å². The Morgan fingerprint density at radius 2 is 1.80 bits per heavy atom. The molecule has 20 heavy (non-hydrogen) atoms. The second-order valence-electron chi connectivity index (χ2n) is 4.59. The van der Waals surface area contributed by atoms with Crippen LogP contribution in [0.25, 0.3) is 6.08 Å². The van der Waals surface area contributed by atoms with Gasteiger partial charge in [0.05, 0.1) is 0 Å². The zero-order chi connectivity index (χ0) is 14.9. The van der Waals surface area contributed by atoms with E-state index >= 15 is 0 Å². The number of esters is 2. The summed E-state index contributed by atoms with van der Waals surface area (Å²) in [6.07, 6.45) is 3.29. The summed E-state index contributed by atoms with van der Waals surface area (Å²) in [5, 5.41) is 0.454. The Morgan fingerprint density at radius 3 is 2.35 bits per heavy atom. The Morgan fingerprint density at radius 1 is 1.20 bits per heavy atom. The fraction of sp³-hybridized carbons (Fsp3) is 0.286. The van der Waals surface area contributed by atoms with Crippen molar-refractivity contribution in [3.63, 3.8) is 0 Å². The lowest BCUT2D eigenvalue weighted by Gasteiger charge is -2.29. The van der Waals surface area contributed by atoms with Gasteiger partial charge in [0.15, 0.2) is 0 Å². The topological polar surface area (TPSA) is 52.6 Å². The third-order valence-electron chi connectivity index (χ3n) is 2.64. The molecule has 2 rings (SSSR count). The molecule has 0 amide bonds. The van der Waals surface area contributed by atoms with Crippen LogP contribution in [0.2, 0.25) is 5.02 Å². The molecule has 1 heterocycles. The van der Waals surface area contributed by atoms with Crippen LogP contribution in [0.1, 0.15) is 19.4 Å². The number of benzene rings is 1. The number of halogens is 1. The normalized spacial score (nSPS) is 17.5. The molecule has 0 unspecified atom stereocenters. The molecule has 1 fully saturated rings. The number of carbonyl (C=O) groups excluding carboxylic acids is 2. The standard InChI is InChI=1S/C14H13ClO4S/c1-14(2)18-12(16)9(13(17)19-14)7-8-10(15)5-4-6-11(8)20-3/h4-7H,1-3H3. The summed E-state index contributed by atoms with van der Waals surface area (Å²) in [4.78, 5) is 24.6. The molecule has 0 N–H and O–H groups in total. The van der Waals surface area contributed by atoms with Crippen LogP contribution in [0.15, 0.2) is 28.7 Å². The number of hydrogen-bond donors (Lipinski definition) is 0. The third-order valence-corrected chi connectivity index (χ3v) is 3.76. The van der Waals surface area contributed by atoms with Crippen LogP contribution < -0.4 is 0 Å². The van der Waals surface area contributed by atoms with E-state index in [4.69, 9.17) is 21.1 Å². The Labute approximate surface area is 126 Å². The first-order chi connectivity index (χ1) is 9.34. The molecule has 0 aromatic heterocycles. The van der Waals surface area contributed by atoms with Crippen LogP contribution in [0.4, 0.5) is 0 Å². The molecular weight excluding hydrogens is 300 g/mol. The van der Waals surface area contributed by atoms with Crippen molar-refractivity contribution >= 4 is 41.4 Å². The molecule has 0 spiro atoms. The Balaban J connectivity index is 2.46. The molecule has 0 atom stereocenters. The van der Waals surface area contributed by atoms with E-state index in [1.54, 1.807) is 12.1 Å². The van der Waals surface area contributed by atoms with Crippen molar-refractivity contribution in [1.29, 1.82) is 0 Å². The first-order valence-electron chi connectivity index (χ1n) is 5.85. The Kier molecular flexibility index (Phi) is 4.11. The average molecular weight is 313 g/mol. The van der Waals surface area contributed by atoms with Gasteiger partial charge in [-0.15, -0.1) is 11.8 Å². The quantitative estimate of drug-likeness (QED) is 0.363. The maximum absolute atomic E-state index is 11.9. The number of carbonyl (C=O) groups is 2. The van der Waals surface area contributed by atoms with Gasteiger partial charge in [0.1, 0.15) is 5.57 Å². The third kappa shape index (κ3) is 2.99. The smallest absolute Gasteiger partial charge is 0.348 e. The van der Waals surface area contributed by atoms with E-state index in [-0.39, 0.29) is 5.57 Å². The highest BCUT2D eigenvalue weighted by Crippen LogP contribution is 2.31. The average Bonchev–Trinajstić information content (AvgIpc) is 2.33. The van der Waals surface area contributed by atoms with Crippen LogP contribution in [-0.2, 0) is 19.1 Å². The van der Waals surface area contributed by atoms with E-state index in [9.17, 15) is 9.59 Å². The van der Waals surface area contributed by atoms with Gasteiger partial charge in [-0.2, -0.15) is 0 Å². The van der Waals surface area contributed by atoms with Gasteiger partial charge in [-0.3, -0.25) is 0 Å². The second kappa shape index (κ2) is 5.50. The first-order valence-corrected chi connectivity index (χ1v) is 7.45. The van der Waals surface area contributed by atoms with Crippen molar-refractivity contribution in [2.75, 3.05) is 6.26 Å². The van der Waals surface area contributed by atoms with Crippen molar-refractivity contribution in [1.82, 2.24) is 0 Å². The van der Waals surface area contributed by atoms with E-state index < -0.39 is 17.7 Å². The zero-order valence-electron chi connectivity index (χ0n) is 11.2. The number of ether oxygens (including phenoxy) is 2. The second-order valence-corrected chi connectivity index (χ2v) is 5.85. The maximum Gasteiger partial charge on any atom is 0.348 e. The highest BCUT2D eigenvalue weighted by molar-refractivity contribution is 7.98. The molecule has 1 aliphatic heterocycles. The van der Waals surface area contributed by atoms with Crippen LogP contribution in [0.5, 0.6) is 0 Å². The minimum atomic E-state index is -1.24. The van der Waals surface area contributed by atoms with Crippen molar-refractivity contribution < 1.29 is 19.1 Å². The van der Waals surface area contributed by atoms with Crippen LogP contribution >= 0.6 is 23.4 Å². The van der Waals surface area contributed by atoms with Crippen LogP contribution in [0.3, 0.4) is 0 Å². The van der Waals surface area contributed by atoms with Gasteiger partial charge in [0, 0.05) is 29.3 Å².